The van der Waals surface area contributed by atoms with Gasteiger partial charge in [0, 0.05) is 20.2 Å². The van der Waals surface area contributed by atoms with Gasteiger partial charge in [-0.3, -0.25) is 9.69 Å². The average Bonchev–Trinajstić information content (AvgIpc) is 2.35. The molecule has 1 aromatic carbocycles. The van der Waals surface area contributed by atoms with Crippen molar-refractivity contribution in [2.24, 2.45) is 5.92 Å². The van der Waals surface area contributed by atoms with Gasteiger partial charge in [0.15, 0.2) is 5.78 Å². The molecule has 0 aliphatic carbocycles. The molecule has 0 amide bonds. The highest BCUT2D eigenvalue weighted by Crippen LogP contribution is 2.09. The summed E-state index contributed by atoms with van der Waals surface area (Å²) in [5.41, 5.74) is 0.161. The third kappa shape index (κ3) is 5.49. The summed E-state index contributed by atoms with van der Waals surface area (Å²) in [5, 5.41) is 0. The van der Waals surface area contributed by atoms with Crippen molar-refractivity contribution in [2.45, 2.75) is 13.8 Å². The van der Waals surface area contributed by atoms with Crippen LogP contribution in [0.3, 0.4) is 0 Å². The number of halogens is 1. The Morgan fingerprint density at radius 3 is 2.63 bits per heavy atom. The molecular weight excluding hydrogens is 245 g/mol. The van der Waals surface area contributed by atoms with Crippen LogP contribution in [0.25, 0.3) is 0 Å². The van der Waals surface area contributed by atoms with E-state index in [1.54, 1.807) is 19.2 Å². The average molecular weight is 267 g/mol. The second-order valence-corrected chi connectivity index (χ2v) is 5.02. The number of hydrogen-bond donors (Lipinski definition) is 0. The highest BCUT2D eigenvalue weighted by molar-refractivity contribution is 5.97. The number of carbonyl (C=O) groups is 1. The number of benzene rings is 1. The van der Waals surface area contributed by atoms with Gasteiger partial charge in [0.1, 0.15) is 5.82 Å². The van der Waals surface area contributed by atoms with Crippen LogP contribution in [0.2, 0.25) is 0 Å². The first-order valence-corrected chi connectivity index (χ1v) is 6.53. The normalized spacial score (nSPS) is 11.3. The van der Waals surface area contributed by atoms with Crippen LogP contribution in [-0.4, -0.2) is 44.0 Å². The lowest BCUT2D eigenvalue weighted by atomic mass is 10.1. The number of ether oxygens (including phenoxy) is 1. The fraction of sp³-hybridized carbons (Fsp3) is 0.533. The molecule has 0 spiro atoms. The maximum absolute atomic E-state index is 13.5. The van der Waals surface area contributed by atoms with Crippen molar-refractivity contribution in [1.82, 2.24) is 4.90 Å². The van der Waals surface area contributed by atoms with Crippen LogP contribution >= 0.6 is 0 Å². The van der Waals surface area contributed by atoms with Gasteiger partial charge in [-0.05, 0) is 18.1 Å². The topological polar surface area (TPSA) is 29.5 Å². The predicted molar refractivity (Wildman–Crippen MR) is 73.9 cm³/mol. The Balaban J connectivity index is 2.67. The molecule has 19 heavy (non-hydrogen) atoms. The van der Waals surface area contributed by atoms with Gasteiger partial charge >= 0.3 is 0 Å². The molecule has 0 radical (unpaired) electrons. The van der Waals surface area contributed by atoms with Crippen LogP contribution in [0.5, 0.6) is 0 Å². The minimum atomic E-state index is -0.455. The highest BCUT2D eigenvalue weighted by atomic mass is 19.1. The van der Waals surface area contributed by atoms with Gasteiger partial charge in [-0.25, -0.2) is 4.39 Å². The van der Waals surface area contributed by atoms with Crippen LogP contribution in [0.4, 0.5) is 4.39 Å². The minimum absolute atomic E-state index is 0.161. The highest BCUT2D eigenvalue weighted by Gasteiger charge is 2.16. The van der Waals surface area contributed by atoms with Crippen molar-refractivity contribution in [2.75, 3.05) is 33.4 Å². The standard InChI is InChI=1S/C15H22FNO2/c1-12(2)10-17(8-9-19-3)11-15(18)13-6-4-5-7-14(13)16/h4-7,12H,8-11H2,1-3H3. The van der Waals surface area contributed by atoms with Crippen LogP contribution in [0.1, 0.15) is 24.2 Å². The van der Waals surface area contributed by atoms with E-state index in [0.29, 0.717) is 19.1 Å². The van der Waals surface area contributed by atoms with E-state index in [1.807, 2.05) is 4.90 Å². The molecule has 0 N–H and O–H groups in total. The van der Waals surface area contributed by atoms with Crippen molar-refractivity contribution in [1.29, 1.82) is 0 Å². The molecule has 0 atom stereocenters. The monoisotopic (exact) mass is 267 g/mol. The Kier molecular flexibility index (Phi) is 6.67. The van der Waals surface area contributed by atoms with E-state index < -0.39 is 5.82 Å². The van der Waals surface area contributed by atoms with E-state index in [4.69, 9.17) is 4.74 Å². The maximum Gasteiger partial charge on any atom is 0.179 e. The third-order valence-corrected chi connectivity index (χ3v) is 2.78. The molecule has 3 nitrogen and oxygen atoms in total. The lowest BCUT2D eigenvalue weighted by molar-refractivity contribution is 0.0877. The van der Waals surface area contributed by atoms with E-state index in [2.05, 4.69) is 13.8 Å². The fourth-order valence-electron chi connectivity index (χ4n) is 1.95. The van der Waals surface area contributed by atoms with Crippen molar-refractivity contribution < 1.29 is 13.9 Å². The second kappa shape index (κ2) is 8.02. The fourth-order valence-corrected chi connectivity index (χ4v) is 1.95. The summed E-state index contributed by atoms with van der Waals surface area (Å²) in [5.74, 6) is -0.191. The van der Waals surface area contributed by atoms with E-state index >= 15 is 0 Å². The quantitative estimate of drug-likeness (QED) is 0.678. The molecule has 0 saturated heterocycles. The van der Waals surface area contributed by atoms with E-state index in [-0.39, 0.29) is 17.9 Å². The van der Waals surface area contributed by atoms with Crippen LogP contribution in [-0.2, 0) is 4.74 Å². The molecule has 0 bridgehead atoms. The summed E-state index contributed by atoms with van der Waals surface area (Å²) in [6, 6.07) is 6.11. The summed E-state index contributed by atoms with van der Waals surface area (Å²) >= 11 is 0. The van der Waals surface area contributed by atoms with Crippen molar-refractivity contribution in [3.8, 4) is 0 Å². The van der Waals surface area contributed by atoms with Crippen LogP contribution < -0.4 is 0 Å². The molecular formula is C15H22FNO2. The van der Waals surface area contributed by atoms with Crippen molar-refractivity contribution >= 4 is 5.78 Å². The van der Waals surface area contributed by atoms with Gasteiger partial charge in [0.25, 0.3) is 0 Å². The molecule has 0 aliphatic heterocycles. The van der Waals surface area contributed by atoms with Gasteiger partial charge in [-0.15, -0.1) is 0 Å². The Labute approximate surface area is 114 Å². The molecule has 0 fully saturated rings. The number of nitrogens with zero attached hydrogens (tertiary/aromatic N) is 1. The lowest BCUT2D eigenvalue weighted by Crippen LogP contribution is -2.35. The minimum Gasteiger partial charge on any atom is -0.383 e. The molecule has 0 saturated carbocycles. The Morgan fingerprint density at radius 1 is 1.37 bits per heavy atom. The number of rotatable bonds is 8. The SMILES string of the molecule is COCCN(CC(=O)c1ccccc1F)CC(C)C. The molecule has 1 aromatic rings. The number of hydrogen-bond acceptors (Lipinski definition) is 3. The van der Waals surface area contributed by atoms with E-state index in [0.717, 1.165) is 6.54 Å². The molecule has 0 aliphatic rings. The van der Waals surface area contributed by atoms with E-state index in [9.17, 15) is 9.18 Å². The zero-order valence-electron chi connectivity index (χ0n) is 11.9. The van der Waals surface area contributed by atoms with Gasteiger partial charge in [0.05, 0.1) is 18.7 Å². The molecule has 0 heterocycles. The summed E-state index contributed by atoms with van der Waals surface area (Å²) in [4.78, 5) is 14.1. The maximum atomic E-state index is 13.5. The first kappa shape index (κ1) is 15.8. The van der Waals surface area contributed by atoms with Gasteiger partial charge in [-0.1, -0.05) is 26.0 Å². The molecule has 1 rings (SSSR count). The lowest BCUT2D eigenvalue weighted by Gasteiger charge is -2.23. The van der Waals surface area contributed by atoms with Gasteiger partial charge in [-0.2, -0.15) is 0 Å². The van der Waals surface area contributed by atoms with E-state index in [1.165, 1.54) is 12.1 Å². The molecule has 0 aromatic heterocycles. The predicted octanol–water partition coefficient (Wildman–Crippen LogP) is 2.61. The second-order valence-electron chi connectivity index (χ2n) is 5.02. The Bertz CT molecular complexity index is 407. The van der Waals surface area contributed by atoms with Crippen LogP contribution in [0.15, 0.2) is 24.3 Å². The zero-order valence-corrected chi connectivity index (χ0v) is 11.9. The summed E-state index contributed by atoms with van der Waals surface area (Å²) < 4.78 is 18.6. The first-order valence-electron chi connectivity index (χ1n) is 6.53. The van der Waals surface area contributed by atoms with Crippen LogP contribution in [0, 0.1) is 11.7 Å². The number of methoxy groups -OCH3 is 1. The van der Waals surface area contributed by atoms with Gasteiger partial charge < -0.3 is 4.74 Å². The van der Waals surface area contributed by atoms with Crippen molar-refractivity contribution in [3.63, 3.8) is 0 Å². The molecule has 106 valence electrons. The van der Waals surface area contributed by atoms with Crippen molar-refractivity contribution in [3.05, 3.63) is 35.6 Å². The number of carbonyl (C=O) groups excluding carboxylic acids is 1. The largest absolute Gasteiger partial charge is 0.383 e. The smallest absolute Gasteiger partial charge is 0.179 e. The Morgan fingerprint density at radius 2 is 2.05 bits per heavy atom. The zero-order chi connectivity index (χ0) is 14.3. The summed E-state index contributed by atoms with van der Waals surface area (Å²) in [6.07, 6.45) is 0. The van der Waals surface area contributed by atoms with Gasteiger partial charge in [0.2, 0.25) is 0 Å². The number of ketones is 1. The Hall–Kier alpha value is -1.26. The third-order valence-electron chi connectivity index (χ3n) is 2.78. The summed E-state index contributed by atoms with van der Waals surface area (Å²) in [7, 11) is 1.63. The summed E-state index contributed by atoms with van der Waals surface area (Å²) in [6.45, 7) is 6.44. The molecule has 0 unspecified atom stereocenters. The first-order chi connectivity index (χ1) is 9.04. The number of Topliss-reactive ketones (excluding diaryl/α,β-unsaturated/α-hetero) is 1. The molecule has 4 heteroatoms.